The number of imidazole rings is 1. The van der Waals surface area contributed by atoms with Gasteiger partial charge in [0.05, 0.1) is 0 Å². The summed E-state index contributed by atoms with van der Waals surface area (Å²) in [6, 6.07) is 1.61. The van der Waals surface area contributed by atoms with Crippen molar-refractivity contribution < 1.29 is 28.3 Å². The van der Waals surface area contributed by atoms with Crippen LogP contribution in [-0.2, 0) is 18.1 Å². The van der Waals surface area contributed by atoms with E-state index < -0.39 is 44.6 Å². The van der Waals surface area contributed by atoms with Gasteiger partial charge in [-0.2, -0.15) is 0 Å². The monoisotopic (exact) mass is 447 g/mol. The molecule has 2 aromatic heterocycles. The molecule has 27 heavy (non-hydrogen) atoms. The molecule has 0 spiro atoms. The maximum atomic E-state index is 12.3. The molecule has 3 heterocycles. The summed E-state index contributed by atoms with van der Waals surface area (Å²) in [5.74, 6) is 0. The van der Waals surface area contributed by atoms with Crippen LogP contribution in [0.25, 0.3) is 11.2 Å². The van der Waals surface area contributed by atoms with Crippen molar-refractivity contribution in [3.63, 3.8) is 0 Å². The summed E-state index contributed by atoms with van der Waals surface area (Å²) in [7, 11) is 0. The summed E-state index contributed by atoms with van der Waals surface area (Å²) in [6.07, 6.45) is -1.82. The Bertz CT molecular complexity index is 832. The van der Waals surface area contributed by atoms with Crippen molar-refractivity contribution in [2.45, 2.75) is 47.8 Å². The van der Waals surface area contributed by atoms with Crippen LogP contribution in [0.3, 0.4) is 0 Å². The van der Waals surface area contributed by atoms with Crippen molar-refractivity contribution in [1.29, 1.82) is 0 Å². The van der Waals surface area contributed by atoms with Crippen molar-refractivity contribution in [2.24, 2.45) is 5.73 Å². The molecule has 1 saturated heterocycles. The second-order valence-electron chi connectivity index (χ2n) is 6.14. The van der Waals surface area contributed by atoms with Crippen molar-refractivity contribution in [3.8, 4) is 0 Å². The number of ether oxygens (including phenoxy) is 2. The first-order valence-electron chi connectivity index (χ1n) is 8.20. The molecule has 0 radical (unpaired) electrons. The molecule has 0 saturated carbocycles. The van der Waals surface area contributed by atoms with Crippen molar-refractivity contribution in [1.82, 2.24) is 14.5 Å². The first-order chi connectivity index (χ1) is 12.9. The molecule has 12 heteroatoms. The average Bonchev–Trinajstić information content (AvgIpc) is 3.18. The molecule has 148 valence electrons. The van der Waals surface area contributed by atoms with E-state index >= 15 is 0 Å². The van der Waals surface area contributed by atoms with Gasteiger partial charge in [-0.05, 0) is 0 Å². The van der Waals surface area contributed by atoms with Gasteiger partial charge in [-0.15, -0.1) is 0 Å². The van der Waals surface area contributed by atoms with E-state index in [1.54, 1.807) is 6.07 Å². The Morgan fingerprint density at radius 1 is 1.41 bits per heavy atom. The Balaban J connectivity index is 1.67. The number of nitrogen functional groups attached to an aromatic ring is 1. The number of anilines is 1. The second-order valence-corrected chi connectivity index (χ2v) is 9.54. The number of carbonyl (C=O) groups is 1. The van der Waals surface area contributed by atoms with E-state index in [1.165, 1.54) is 17.1 Å². The Morgan fingerprint density at radius 2 is 2.19 bits per heavy atom. The van der Waals surface area contributed by atoms with Gasteiger partial charge in [0.2, 0.25) is 0 Å². The zero-order valence-electron chi connectivity index (χ0n) is 14.2. The molecule has 6 N–H and O–H groups in total. The van der Waals surface area contributed by atoms with Crippen LogP contribution in [0, 0.1) is 0 Å². The molecule has 2 aromatic rings. The van der Waals surface area contributed by atoms with Gasteiger partial charge >= 0.3 is 158 Å². The fourth-order valence-corrected chi connectivity index (χ4v) is 5.63. The van der Waals surface area contributed by atoms with Gasteiger partial charge < -0.3 is 0 Å². The quantitative estimate of drug-likeness (QED) is 0.221. The van der Waals surface area contributed by atoms with Gasteiger partial charge in [-0.1, -0.05) is 0 Å². The molecule has 0 amide bonds. The van der Waals surface area contributed by atoms with Gasteiger partial charge in [0.1, 0.15) is 0 Å². The third-order valence-corrected chi connectivity index (χ3v) is 7.23. The van der Waals surface area contributed by atoms with Gasteiger partial charge in [-0.3, -0.25) is 0 Å². The predicted octanol–water partition coefficient (Wildman–Crippen LogP) is -1.10. The Hall–Kier alpha value is -1.95. The third kappa shape index (κ3) is 4.15. The van der Waals surface area contributed by atoms with Crippen LogP contribution < -0.4 is 11.5 Å². The second kappa shape index (κ2) is 8.38. The fourth-order valence-electron chi connectivity index (χ4n) is 2.89. The normalized spacial score (nSPS) is 27.5. The molecule has 3 rings (SSSR count). The Labute approximate surface area is 158 Å². The number of nitrogens with zero attached hydrogens (tertiary/aromatic N) is 3. The SMILES string of the molecule is Nc1ccnc2c1ncn2[C@@H]1O[C@H](C[Se](=O)CC[C@H](N)OC=O)C(O)[C@@H]1O. The van der Waals surface area contributed by atoms with Crippen molar-refractivity contribution >= 4 is 37.2 Å². The molecule has 1 fully saturated rings. The molecule has 11 nitrogen and oxygen atoms in total. The average molecular weight is 446 g/mol. The van der Waals surface area contributed by atoms with Crippen LogP contribution in [-0.4, -0.2) is 69.6 Å². The summed E-state index contributed by atoms with van der Waals surface area (Å²) < 4.78 is 24.1. The molecular formula is C15H21N5O6Se. The molecule has 0 aromatic carbocycles. The molecule has 0 bridgehead atoms. The van der Waals surface area contributed by atoms with E-state index in [-0.39, 0.29) is 23.5 Å². The van der Waals surface area contributed by atoms with Crippen molar-refractivity contribution in [3.05, 3.63) is 18.6 Å². The first kappa shape index (κ1) is 19.8. The van der Waals surface area contributed by atoms with Gasteiger partial charge in [-0.25, -0.2) is 0 Å². The number of hydrogen-bond acceptors (Lipinski definition) is 10. The number of aliphatic hydroxyl groups excluding tert-OH is 2. The van der Waals surface area contributed by atoms with Crippen LogP contribution in [0.1, 0.15) is 12.6 Å². The van der Waals surface area contributed by atoms with E-state index in [9.17, 15) is 18.8 Å². The zero-order chi connectivity index (χ0) is 19.6. The van der Waals surface area contributed by atoms with Crippen LogP contribution in [0.5, 0.6) is 0 Å². The van der Waals surface area contributed by atoms with Crippen molar-refractivity contribution in [2.75, 3.05) is 5.73 Å². The molecule has 1 aliphatic heterocycles. The van der Waals surface area contributed by atoms with E-state index in [2.05, 4.69) is 14.7 Å². The summed E-state index contributed by atoms with van der Waals surface area (Å²) in [5.41, 5.74) is 12.7. The molecule has 0 aliphatic carbocycles. The summed E-state index contributed by atoms with van der Waals surface area (Å²) in [4.78, 5) is 18.6. The fraction of sp³-hybridized carbons (Fsp3) is 0.533. The number of aromatic nitrogens is 3. The van der Waals surface area contributed by atoms with Gasteiger partial charge in [0, 0.05) is 0 Å². The minimum atomic E-state index is -2.40. The standard InChI is InChI=1S/C15H21N5O6Se/c16-8-1-3-18-14-11(8)19-6-20(14)15-13(23)12(22)9(26-15)5-27(24)4-2-10(17)25-7-21/h1,3,6-7,9-10,12-13,15,22-23H,2,4-5,17H2,(H2,16,18)/t9-,10-,12?,13+,15-,27?/m1/s1. The number of hydrogen-bond donors (Lipinski definition) is 4. The zero-order valence-corrected chi connectivity index (χ0v) is 16.0. The Kier molecular flexibility index (Phi) is 6.15. The molecule has 6 atom stereocenters. The number of nitrogens with two attached hydrogens (primary N) is 2. The van der Waals surface area contributed by atoms with Crippen LogP contribution in [0.15, 0.2) is 18.6 Å². The van der Waals surface area contributed by atoms with Gasteiger partial charge in [0.15, 0.2) is 0 Å². The number of rotatable bonds is 8. The number of aliphatic hydroxyl groups is 2. The van der Waals surface area contributed by atoms with E-state index in [0.717, 1.165) is 0 Å². The number of carbonyl (C=O) groups excluding carboxylic acids is 1. The summed E-state index contributed by atoms with van der Waals surface area (Å²) >= 11 is -2.40. The third-order valence-electron chi connectivity index (χ3n) is 4.31. The van der Waals surface area contributed by atoms with Crippen LogP contribution in [0.2, 0.25) is 10.6 Å². The van der Waals surface area contributed by atoms with E-state index in [1.807, 2.05) is 0 Å². The number of pyridine rings is 1. The topological polar surface area (TPSA) is 176 Å². The van der Waals surface area contributed by atoms with Crippen LogP contribution >= 0.6 is 0 Å². The van der Waals surface area contributed by atoms with Crippen LogP contribution in [0.4, 0.5) is 5.69 Å². The van der Waals surface area contributed by atoms with E-state index in [4.69, 9.17) is 16.2 Å². The Morgan fingerprint density at radius 3 is 2.93 bits per heavy atom. The summed E-state index contributed by atoms with van der Waals surface area (Å²) in [5, 5.41) is 21.0. The maximum absolute atomic E-state index is 12.3. The predicted molar refractivity (Wildman–Crippen MR) is 93.7 cm³/mol. The number of fused-ring (bicyclic) bond motifs is 1. The molecular weight excluding hydrogens is 425 g/mol. The molecule has 1 aliphatic rings. The first-order valence-corrected chi connectivity index (χ1v) is 11.3. The molecule has 2 unspecified atom stereocenters. The van der Waals surface area contributed by atoms with Gasteiger partial charge in [0.25, 0.3) is 0 Å². The minimum absolute atomic E-state index is 0.0880. The summed E-state index contributed by atoms with van der Waals surface area (Å²) in [6.45, 7) is 0.242. The van der Waals surface area contributed by atoms with E-state index in [0.29, 0.717) is 16.9 Å².